The fraction of sp³-hybridized carbons (Fsp3) is 1.00. The third-order valence-corrected chi connectivity index (χ3v) is 4.87. The fourth-order valence-corrected chi connectivity index (χ4v) is 3.34. The lowest BCUT2D eigenvalue weighted by molar-refractivity contribution is 0.0184. The maximum absolute atomic E-state index is 2.49. The van der Waals surface area contributed by atoms with Gasteiger partial charge in [-0.05, 0) is 70.4 Å². The molecule has 0 heterocycles. The highest BCUT2D eigenvalue weighted by molar-refractivity contribution is 4.93. The van der Waals surface area contributed by atoms with Crippen molar-refractivity contribution in [2.45, 2.75) is 72.8 Å². The van der Waals surface area contributed by atoms with Gasteiger partial charge in [0.25, 0.3) is 0 Å². The van der Waals surface area contributed by atoms with Crippen molar-refractivity contribution in [2.24, 2.45) is 17.3 Å². The minimum atomic E-state index is 0.690. The molecule has 1 aliphatic carbocycles. The van der Waals surface area contributed by atoms with E-state index in [2.05, 4.69) is 46.6 Å². The van der Waals surface area contributed by atoms with Crippen molar-refractivity contribution < 1.29 is 0 Å². The molecular formula is C16H33N. The lowest BCUT2D eigenvalue weighted by Gasteiger charge is -2.49. The van der Waals surface area contributed by atoms with Crippen LogP contribution in [0.5, 0.6) is 0 Å². The summed E-state index contributed by atoms with van der Waals surface area (Å²) in [5.41, 5.74) is 0.697. The van der Waals surface area contributed by atoms with E-state index < -0.39 is 0 Å². The van der Waals surface area contributed by atoms with Gasteiger partial charge >= 0.3 is 0 Å². The lowest BCUT2D eigenvalue weighted by Crippen LogP contribution is -2.40. The molecular weight excluding hydrogens is 206 g/mol. The van der Waals surface area contributed by atoms with E-state index in [1.54, 1.807) is 0 Å². The predicted octanol–water partition coefficient (Wildman–Crippen LogP) is 4.57. The Kier molecular flexibility index (Phi) is 5.50. The third-order valence-electron chi connectivity index (χ3n) is 4.87. The maximum atomic E-state index is 2.49. The molecule has 0 atom stereocenters. The molecule has 0 spiro atoms. The SMILES string of the molecule is CCC1(CCN(C)C(C)C)CC(CC(C)C)C1. The summed E-state index contributed by atoms with van der Waals surface area (Å²) in [5, 5.41) is 0. The van der Waals surface area contributed by atoms with Gasteiger partial charge in [-0.25, -0.2) is 0 Å². The first-order valence-corrected chi connectivity index (χ1v) is 7.59. The second-order valence-corrected chi connectivity index (χ2v) is 7.08. The first-order chi connectivity index (χ1) is 7.88. The molecule has 102 valence electrons. The van der Waals surface area contributed by atoms with Crippen LogP contribution in [0.3, 0.4) is 0 Å². The van der Waals surface area contributed by atoms with Gasteiger partial charge in [-0.2, -0.15) is 0 Å². The molecule has 0 radical (unpaired) electrons. The van der Waals surface area contributed by atoms with E-state index >= 15 is 0 Å². The van der Waals surface area contributed by atoms with E-state index in [1.165, 1.54) is 38.6 Å². The number of hydrogen-bond acceptors (Lipinski definition) is 1. The molecule has 0 aromatic heterocycles. The Balaban J connectivity index is 2.31. The average molecular weight is 239 g/mol. The summed E-state index contributed by atoms with van der Waals surface area (Å²) >= 11 is 0. The van der Waals surface area contributed by atoms with E-state index in [1.807, 2.05) is 0 Å². The largest absolute Gasteiger partial charge is 0.304 e. The van der Waals surface area contributed by atoms with Gasteiger partial charge in [0.1, 0.15) is 0 Å². The zero-order chi connectivity index (χ0) is 13.1. The van der Waals surface area contributed by atoms with Crippen LogP contribution in [-0.2, 0) is 0 Å². The molecule has 0 bridgehead atoms. The predicted molar refractivity (Wildman–Crippen MR) is 77.3 cm³/mol. The van der Waals surface area contributed by atoms with Crippen LogP contribution in [0.15, 0.2) is 0 Å². The quantitative estimate of drug-likeness (QED) is 0.629. The topological polar surface area (TPSA) is 3.24 Å². The third kappa shape index (κ3) is 4.28. The summed E-state index contributed by atoms with van der Waals surface area (Å²) in [4.78, 5) is 2.49. The summed E-state index contributed by atoms with van der Waals surface area (Å²) in [6, 6.07) is 0.690. The van der Waals surface area contributed by atoms with Crippen LogP contribution in [0, 0.1) is 17.3 Å². The summed E-state index contributed by atoms with van der Waals surface area (Å²) in [5.74, 6) is 1.91. The monoisotopic (exact) mass is 239 g/mol. The van der Waals surface area contributed by atoms with Gasteiger partial charge in [-0.1, -0.05) is 27.2 Å². The summed E-state index contributed by atoms with van der Waals surface area (Å²) in [6.45, 7) is 13.0. The number of hydrogen-bond donors (Lipinski definition) is 0. The first kappa shape index (κ1) is 15.0. The Labute approximate surface area is 109 Å². The van der Waals surface area contributed by atoms with Gasteiger partial charge in [0, 0.05) is 6.04 Å². The molecule has 0 aliphatic heterocycles. The van der Waals surface area contributed by atoms with Crippen molar-refractivity contribution in [3.05, 3.63) is 0 Å². The van der Waals surface area contributed by atoms with Crippen molar-refractivity contribution in [1.29, 1.82) is 0 Å². The standard InChI is InChI=1S/C16H33N/c1-7-16(8-9-17(6)14(4)5)11-15(12-16)10-13(2)3/h13-15H,7-12H2,1-6H3. The zero-order valence-electron chi connectivity index (χ0n) is 12.9. The molecule has 1 heteroatoms. The molecule has 17 heavy (non-hydrogen) atoms. The lowest BCUT2D eigenvalue weighted by atomic mass is 9.57. The number of nitrogens with zero attached hydrogens (tertiary/aromatic N) is 1. The molecule has 1 saturated carbocycles. The van der Waals surface area contributed by atoms with Crippen LogP contribution in [0.4, 0.5) is 0 Å². The first-order valence-electron chi connectivity index (χ1n) is 7.59. The van der Waals surface area contributed by atoms with E-state index in [0.29, 0.717) is 11.5 Å². The van der Waals surface area contributed by atoms with Crippen molar-refractivity contribution in [3.8, 4) is 0 Å². The molecule has 1 nitrogen and oxygen atoms in total. The van der Waals surface area contributed by atoms with Crippen LogP contribution in [0.25, 0.3) is 0 Å². The Morgan fingerprint density at radius 3 is 2.18 bits per heavy atom. The van der Waals surface area contributed by atoms with E-state index in [-0.39, 0.29) is 0 Å². The molecule has 1 aliphatic rings. The van der Waals surface area contributed by atoms with Crippen molar-refractivity contribution in [2.75, 3.05) is 13.6 Å². The normalized spacial score (nSPS) is 29.1. The molecule has 0 saturated heterocycles. The van der Waals surface area contributed by atoms with Crippen molar-refractivity contribution in [1.82, 2.24) is 4.90 Å². The molecule has 0 aromatic carbocycles. The van der Waals surface area contributed by atoms with Crippen LogP contribution in [0.1, 0.15) is 66.7 Å². The fourth-order valence-electron chi connectivity index (χ4n) is 3.34. The van der Waals surface area contributed by atoms with Gasteiger partial charge in [0.15, 0.2) is 0 Å². The molecule has 0 aromatic rings. The molecule has 0 unspecified atom stereocenters. The van der Waals surface area contributed by atoms with E-state index in [4.69, 9.17) is 0 Å². The van der Waals surface area contributed by atoms with Gasteiger partial charge in [0.05, 0.1) is 0 Å². The zero-order valence-corrected chi connectivity index (χ0v) is 12.9. The minimum Gasteiger partial charge on any atom is -0.304 e. The Morgan fingerprint density at radius 2 is 1.76 bits per heavy atom. The maximum Gasteiger partial charge on any atom is 0.00355 e. The Bertz CT molecular complexity index is 214. The van der Waals surface area contributed by atoms with Gasteiger partial charge in [-0.15, -0.1) is 0 Å². The summed E-state index contributed by atoms with van der Waals surface area (Å²) in [7, 11) is 2.26. The molecule has 1 rings (SSSR count). The van der Waals surface area contributed by atoms with Crippen LogP contribution < -0.4 is 0 Å². The highest BCUT2D eigenvalue weighted by Gasteiger charge is 2.42. The summed E-state index contributed by atoms with van der Waals surface area (Å²) in [6.07, 6.45) is 7.23. The smallest absolute Gasteiger partial charge is 0.00355 e. The van der Waals surface area contributed by atoms with Gasteiger partial charge < -0.3 is 4.90 Å². The van der Waals surface area contributed by atoms with E-state index in [9.17, 15) is 0 Å². The average Bonchev–Trinajstić information content (AvgIpc) is 2.20. The highest BCUT2D eigenvalue weighted by Crippen LogP contribution is 2.52. The second-order valence-electron chi connectivity index (χ2n) is 7.08. The second kappa shape index (κ2) is 6.22. The van der Waals surface area contributed by atoms with Crippen LogP contribution in [-0.4, -0.2) is 24.5 Å². The summed E-state index contributed by atoms with van der Waals surface area (Å²) < 4.78 is 0. The Morgan fingerprint density at radius 1 is 1.18 bits per heavy atom. The minimum absolute atomic E-state index is 0.690. The van der Waals surface area contributed by atoms with Crippen molar-refractivity contribution in [3.63, 3.8) is 0 Å². The number of rotatable bonds is 7. The van der Waals surface area contributed by atoms with Crippen LogP contribution in [0.2, 0.25) is 0 Å². The molecule has 0 amide bonds. The van der Waals surface area contributed by atoms with Crippen molar-refractivity contribution >= 4 is 0 Å². The Hall–Kier alpha value is -0.0400. The van der Waals surface area contributed by atoms with E-state index in [0.717, 1.165) is 11.8 Å². The van der Waals surface area contributed by atoms with Gasteiger partial charge in [0.2, 0.25) is 0 Å². The highest BCUT2D eigenvalue weighted by atomic mass is 15.1. The van der Waals surface area contributed by atoms with Crippen LogP contribution >= 0.6 is 0 Å². The van der Waals surface area contributed by atoms with Gasteiger partial charge in [-0.3, -0.25) is 0 Å². The molecule has 1 fully saturated rings. The molecule has 0 N–H and O–H groups in total.